The average Bonchev–Trinajstić information content (AvgIpc) is 3.25. The first-order valence-electron chi connectivity index (χ1n) is 11.0. The van der Waals surface area contributed by atoms with E-state index in [-0.39, 0.29) is 12.0 Å². The lowest BCUT2D eigenvalue weighted by molar-refractivity contribution is 0.0520. The lowest BCUT2D eigenvalue weighted by Crippen LogP contribution is -2.42. The van der Waals surface area contributed by atoms with Gasteiger partial charge in [-0.1, -0.05) is 42.1 Å². The van der Waals surface area contributed by atoms with E-state index in [0.717, 1.165) is 22.7 Å². The quantitative estimate of drug-likeness (QED) is 0.391. The van der Waals surface area contributed by atoms with Crippen molar-refractivity contribution in [3.63, 3.8) is 0 Å². The molecule has 9 heteroatoms. The van der Waals surface area contributed by atoms with Crippen LogP contribution in [0.5, 0.6) is 11.5 Å². The number of nitrogens with zero attached hydrogens (tertiary/aromatic N) is 5. The molecule has 5 rings (SSSR count). The van der Waals surface area contributed by atoms with Gasteiger partial charge in [0.05, 0.1) is 6.54 Å². The molecule has 0 bridgehead atoms. The molecule has 0 saturated heterocycles. The van der Waals surface area contributed by atoms with Crippen molar-refractivity contribution >= 4 is 23.4 Å². The third kappa shape index (κ3) is 4.56. The van der Waals surface area contributed by atoms with E-state index in [0.29, 0.717) is 41.2 Å². The van der Waals surface area contributed by atoms with Crippen LogP contribution in [-0.4, -0.2) is 56.7 Å². The lowest BCUT2D eigenvalue weighted by Gasteiger charge is -2.29. The van der Waals surface area contributed by atoms with E-state index in [1.165, 1.54) is 11.8 Å². The summed E-state index contributed by atoms with van der Waals surface area (Å²) in [7, 11) is 1.79. The first-order valence-corrected chi connectivity index (χ1v) is 12.0. The fourth-order valence-corrected chi connectivity index (χ4v) is 4.78. The second-order valence-electron chi connectivity index (χ2n) is 8.27. The number of aromatic nitrogens is 4. The normalized spacial score (nSPS) is 14.9. The highest BCUT2D eigenvalue weighted by Gasteiger charge is 2.25. The Labute approximate surface area is 201 Å². The Hall–Kier alpha value is -3.59. The molecule has 0 aliphatic carbocycles. The van der Waals surface area contributed by atoms with Gasteiger partial charge >= 0.3 is 0 Å². The molecule has 0 fully saturated rings. The van der Waals surface area contributed by atoms with Crippen LogP contribution in [0.2, 0.25) is 0 Å². The summed E-state index contributed by atoms with van der Waals surface area (Å²) >= 11 is 1.49. The minimum absolute atomic E-state index is 0.0604. The Kier molecular flexibility index (Phi) is 6.10. The van der Waals surface area contributed by atoms with Gasteiger partial charge in [-0.2, -0.15) is 4.98 Å². The molecule has 0 radical (unpaired) electrons. The van der Waals surface area contributed by atoms with Gasteiger partial charge in [-0.3, -0.25) is 4.79 Å². The highest BCUT2D eigenvalue weighted by Crippen LogP contribution is 2.31. The van der Waals surface area contributed by atoms with Crippen LogP contribution < -0.4 is 9.47 Å². The Morgan fingerprint density at radius 1 is 1.12 bits per heavy atom. The van der Waals surface area contributed by atoms with Gasteiger partial charge in [-0.05, 0) is 43.7 Å². The zero-order chi connectivity index (χ0) is 23.7. The van der Waals surface area contributed by atoms with E-state index in [9.17, 15) is 4.79 Å². The van der Waals surface area contributed by atoms with Crippen molar-refractivity contribution in [1.82, 2.24) is 24.5 Å². The van der Waals surface area contributed by atoms with Crippen LogP contribution >= 0.6 is 11.8 Å². The van der Waals surface area contributed by atoms with Crippen LogP contribution in [0, 0.1) is 13.8 Å². The van der Waals surface area contributed by atoms with Crippen LogP contribution in [0.3, 0.4) is 0 Å². The molecule has 1 aliphatic heterocycles. The molecular formula is C25H25N5O3S. The molecule has 1 unspecified atom stereocenters. The number of fused-ring (bicyclic) bond motifs is 2. The van der Waals surface area contributed by atoms with Gasteiger partial charge in [-0.15, -0.1) is 5.10 Å². The van der Waals surface area contributed by atoms with Crippen molar-refractivity contribution in [3.8, 4) is 11.5 Å². The molecule has 8 nitrogen and oxygen atoms in total. The predicted octanol–water partition coefficient (Wildman–Crippen LogP) is 3.95. The number of hydrogen-bond acceptors (Lipinski definition) is 7. The number of para-hydroxylation sites is 2. The van der Waals surface area contributed by atoms with E-state index in [4.69, 9.17) is 9.47 Å². The van der Waals surface area contributed by atoms with Crippen LogP contribution in [0.15, 0.2) is 59.8 Å². The van der Waals surface area contributed by atoms with E-state index < -0.39 is 0 Å². The molecule has 2 aromatic carbocycles. The van der Waals surface area contributed by atoms with Gasteiger partial charge in [0.25, 0.3) is 11.7 Å². The van der Waals surface area contributed by atoms with E-state index in [2.05, 4.69) is 15.1 Å². The predicted molar refractivity (Wildman–Crippen MR) is 130 cm³/mol. The van der Waals surface area contributed by atoms with Crippen molar-refractivity contribution in [2.75, 3.05) is 20.2 Å². The fourth-order valence-electron chi connectivity index (χ4n) is 3.95. The highest BCUT2D eigenvalue weighted by molar-refractivity contribution is 7.98. The second kappa shape index (κ2) is 9.34. The monoisotopic (exact) mass is 475 g/mol. The van der Waals surface area contributed by atoms with Gasteiger partial charge in [-0.25, -0.2) is 9.50 Å². The average molecular weight is 476 g/mol. The summed E-state index contributed by atoms with van der Waals surface area (Å²) in [4.78, 5) is 24.0. The molecule has 4 aromatic rings. The number of carbonyl (C=O) groups is 1. The van der Waals surface area contributed by atoms with Crippen molar-refractivity contribution in [1.29, 1.82) is 0 Å². The molecule has 174 valence electrons. The molecule has 0 spiro atoms. The van der Waals surface area contributed by atoms with Crippen LogP contribution in [0.25, 0.3) is 5.78 Å². The zero-order valence-corrected chi connectivity index (χ0v) is 20.1. The van der Waals surface area contributed by atoms with Crippen molar-refractivity contribution in [3.05, 3.63) is 77.1 Å². The first-order chi connectivity index (χ1) is 16.5. The number of rotatable bonds is 6. The van der Waals surface area contributed by atoms with Gasteiger partial charge in [0.1, 0.15) is 6.61 Å². The summed E-state index contributed by atoms with van der Waals surface area (Å²) in [6.45, 7) is 4.75. The summed E-state index contributed by atoms with van der Waals surface area (Å²) in [5.41, 5.74) is 3.47. The number of aryl methyl sites for hydroxylation is 2. The number of benzene rings is 2. The molecule has 3 heterocycles. The number of amides is 1. The zero-order valence-electron chi connectivity index (χ0n) is 19.3. The smallest absolute Gasteiger partial charge is 0.254 e. The van der Waals surface area contributed by atoms with Gasteiger partial charge in [0.15, 0.2) is 17.6 Å². The number of likely N-dealkylation sites (N-methyl/N-ethyl adjacent to an activating group) is 1. The lowest BCUT2D eigenvalue weighted by atomic mass is 10.1. The summed E-state index contributed by atoms with van der Waals surface area (Å²) in [6.07, 6.45) is -0.230. The van der Waals surface area contributed by atoms with Crippen LogP contribution in [0.1, 0.15) is 27.3 Å². The third-order valence-corrected chi connectivity index (χ3v) is 6.48. The largest absolute Gasteiger partial charge is 0.486 e. The maximum absolute atomic E-state index is 13.3. The summed E-state index contributed by atoms with van der Waals surface area (Å²) in [5.74, 6) is 2.53. The van der Waals surface area contributed by atoms with Crippen LogP contribution in [0.4, 0.5) is 0 Å². The first kappa shape index (κ1) is 22.2. The maximum atomic E-state index is 13.3. The topological polar surface area (TPSA) is 81.9 Å². The summed E-state index contributed by atoms with van der Waals surface area (Å²) < 4.78 is 13.6. The molecule has 0 saturated carbocycles. The minimum atomic E-state index is -0.230. The summed E-state index contributed by atoms with van der Waals surface area (Å²) in [5, 5.41) is 5.18. The molecule has 1 amide bonds. The van der Waals surface area contributed by atoms with E-state index in [1.807, 2.05) is 68.4 Å². The molecule has 0 N–H and O–H groups in total. The summed E-state index contributed by atoms with van der Waals surface area (Å²) in [6, 6.07) is 17.2. The Balaban J connectivity index is 1.27. The van der Waals surface area contributed by atoms with Crippen molar-refractivity contribution in [2.24, 2.45) is 0 Å². The standard InChI is InChI=1S/C25H25N5O3S/c1-16-12-17(2)30-24(26-16)27-25(28-30)34-15-18-8-4-5-9-20(18)23(31)29(3)13-19-14-32-21-10-6-7-11-22(21)33-19/h4-12,19H,13-15H2,1-3H3. The van der Waals surface area contributed by atoms with Crippen molar-refractivity contribution < 1.29 is 14.3 Å². The van der Waals surface area contributed by atoms with Crippen molar-refractivity contribution in [2.45, 2.75) is 30.9 Å². The molecule has 1 atom stereocenters. The fraction of sp³-hybridized carbons (Fsp3) is 0.280. The third-order valence-electron chi connectivity index (χ3n) is 5.60. The van der Waals surface area contributed by atoms with E-state index >= 15 is 0 Å². The maximum Gasteiger partial charge on any atom is 0.254 e. The van der Waals surface area contributed by atoms with Crippen LogP contribution in [-0.2, 0) is 5.75 Å². The Morgan fingerprint density at radius 2 is 1.88 bits per heavy atom. The highest BCUT2D eigenvalue weighted by atomic mass is 32.2. The molecular weight excluding hydrogens is 450 g/mol. The number of ether oxygens (including phenoxy) is 2. The second-order valence-corrected chi connectivity index (χ2v) is 9.22. The minimum Gasteiger partial charge on any atom is -0.486 e. The van der Waals surface area contributed by atoms with Gasteiger partial charge in [0.2, 0.25) is 5.16 Å². The molecule has 34 heavy (non-hydrogen) atoms. The number of carbonyl (C=O) groups excluding carboxylic acids is 1. The SMILES string of the molecule is Cc1cc(C)n2nc(SCc3ccccc3C(=O)N(C)CC3COc4ccccc4O3)nc2n1. The Bertz CT molecular complexity index is 1360. The van der Waals surface area contributed by atoms with Gasteiger partial charge in [0, 0.05) is 29.8 Å². The van der Waals surface area contributed by atoms with E-state index in [1.54, 1.807) is 16.5 Å². The van der Waals surface area contributed by atoms with Gasteiger partial charge < -0.3 is 14.4 Å². The number of thioether (sulfide) groups is 1. The number of hydrogen-bond donors (Lipinski definition) is 0. The molecule has 1 aliphatic rings. The molecule has 2 aromatic heterocycles. The Morgan fingerprint density at radius 3 is 2.74 bits per heavy atom.